The van der Waals surface area contributed by atoms with Gasteiger partial charge in [0.05, 0.1) is 13.1 Å². The molecule has 1 aromatic heterocycles. The molecule has 7 heteroatoms. The average molecular weight is 311 g/mol. The highest BCUT2D eigenvalue weighted by atomic mass is 79.9. The van der Waals surface area contributed by atoms with E-state index in [9.17, 15) is 4.79 Å². The number of anilines is 1. The molecule has 0 fully saturated rings. The van der Waals surface area contributed by atoms with E-state index < -0.39 is 0 Å². The molecule has 0 aliphatic carbocycles. The molecule has 0 atom stereocenters. The van der Waals surface area contributed by atoms with E-state index in [1.165, 1.54) is 6.39 Å². The number of hydrogen-bond acceptors (Lipinski definition) is 5. The van der Waals surface area contributed by atoms with Crippen LogP contribution in [0.5, 0.6) is 0 Å². The summed E-state index contributed by atoms with van der Waals surface area (Å²) in [5, 5.41) is 9.30. The zero-order chi connectivity index (χ0) is 12.8. The Labute approximate surface area is 112 Å². The van der Waals surface area contributed by atoms with Gasteiger partial charge in [0.15, 0.2) is 5.82 Å². The number of rotatable bonds is 5. The Hall–Kier alpha value is -1.73. The fraction of sp³-hybridized carbons (Fsp3) is 0.182. The molecule has 2 rings (SSSR count). The summed E-state index contributed by atoms with van der Waals surface area (Å²) in [6.45, 7) is 0.578. The SMILES string of the molecule is O=C(CNCc1ncon1)Nc1ccc(Br)cc1. The summed E-state index contributed by atoms with van der Waals surface area (Å²) in [6, 6.07) is 7.37. The lowest BCUT2D eigenvalue weighted by molar-refractivity contribution is -0.115. The van der Waals surface area contributed by atoms with Gasteiger partial charge in [-0.3, -0.25) is 4.79 Å². The van der Waals surface area contributed by atoms with E-state index >= 15 is 0 Å². The number of carbonyl (C=O) groups is 1. The molecule has 94 valence electrons. The fourth-order valence-corrected chi connectivity index (χ4v) is 1.56. The van der Waals surface area contributed by atoms with Crippen molar-refractivity contribution >= 4 is 27.5 Å². The van der Waals surface area contributed by atoms with Crippen LogP contribution in [0.4, 0.5) is 5.69 Å². The maximum Gasteiger partial charge on any atom is 0.238 e. The summed E-state index contributed by atoms with van der Waals surface area (Å²) in [7, 11) is 0. The van der Waals surface area contributed by atoms with Crippen molar-refractivity contribution in [1.82, 2.24) is 15.5 Å². The smallest absolute Gasteiger partial charge is 0.238 e. The molecule has 0 unspecified atom stereocenters. The first-order chi connectivity index (χ1) is 8.74. The summed E-state index contributed by atoms with van der Waals surface area (Å²) < 4.78 is 5.54. The third-order valence-electron chi connectivity index (χ3n) is 2.10. The third kappa shape index (κ3) is 3.94. The second-order valence-electron chi connectivity index (χ2n) is 3.51. The van der Waals surface area contributed by atoms with E-state index in [0.29, 0.717) is 12.4 Å². The van der Waals surface area contributed by atoms with Gasteiger partial charge in [-0.15, -0.1) is 0 Å². The second-order valence-corrected chi connectivity index (χ2v) is 4.42. The lowest BCUT2D eigenvalue weighted by Crippen LogP contribution is -2.28. The van der Waals surface area contributed by atoms with Gasteiger partial charge in [-0.25, -0.2) is 0 Å². The number of nitrogens with zero attached hydrogens (tertiary/aromatic N) is 2. The topological polar surface area (TPSA) is 80.1 Å². The molecule has 0 aliphatic rings. The molecule has 2 N–H and O–H groups in total. The molecular weight excluding hydrogens is 300 g/mol. The van der Waals surface area contributed by atoms with E-state index in [4.69, 9.17) is 0 Å². The first-order valence-corrected chi connectivity index (χ1v) is 6.05. The predicted octanol–water partition coefficient (Wildman–Crippen LogP) is 1.56. The second kappa shape index (κ2) is 6.27. The number of hydrogen-bond donors (Lipinski definition) is 2. The van der Waals surface area contributed by atoms with Crippen molar-refractivity contribution in [1.29, 1.82) is 0 Å². The van der Waals surface area contributed by atoms with Crippen molar-refractivity contribution in [2.75, 3.05) is 11.9 Å². The van der Waals surface area contributed by atoms with Gasteiger partial charge in [0.1, 0.15) is 0 Å². The van der Waals surface area contributed by atoms with Gasteiger partial charge in [0.2, 0.25) is 12.3 Å². The Bertz CT molecular complexity index is 498. The zero-order valence-corrected chi connectivity index (χ0v) is 11.0. The minimum absolute atomic E-state index is 0.124. The lowest BCUT2D eigenvalue weighted by atomic mass is 10.3. The Balaban J connectivity index is 1.73. The molecule has 0 saturated carbocycles. The first-order valence-electron chi connectivity index (χ1n) is 5.25. The van der Waals surface area contributed by atoms with Crippen molar-refractivity contribution in [3.8, 4) is 0 Å². The Morgan fingerprint density at radius 3 is 2.78 bits per heavy atom. The van der Waals surface area contributed by atoms with Crippen LogP contribution in [0, 0.1) is 0 Å². The number of carbonyl (C=O) groups excluding carboxylic acids is 1. The van der Waals surface area contributed by atoms with Crippen molar-refractivity contribution in [3.05, 3.63) is 41.0 Å². The van der Waals surface area contributed by atoms with Crippen LogP contribution in [0.2, 0.25) is 0 Å². The molecular formula is C11H11BrN4O2. The highest BCUT2D eigenvalue weighted by molar-refractivity contribution is 9.10. The van der Waals surface area contributed by atoms with Gasteiger partial charge in [-0.2, -0.15) is 4.98 Å². The molecule has 6 nitrogen and oxygen atoms in total. The molecule has 18 heavy (non-hydrogen) atoms. The minimum atomic E-state index is -0.124. The summed E-state index contributed by atoms with van der Waals surface area (Å²) in [5.74, 6) is 0.396. The van der Waals surface area contributed by atoms with Gasteiger partial charge >= 0.3 is 0 Å². The molecule has 0 aliphatic heterocycles. The molecule has 0 bridgehead atoms. The monoisotopic (exact) mass is 310 g/mol. The Morgan fingerprint density at radius 2 is 2.11 bits per heavy atom. The van der Waals surface area contributed by atoms with Crippen LogP contribution in [0.25, 0.3) is 0 Å². The minimum Gasteiger partial charge on any atom is -0.343 e. The Kier molecular flexibility index (Phi) is 4.43. The maximum atomic E-state index is 11.6. The highest BCUT2D eigenvalue weighted by Gasteiger charge is 2.03. The van der Waals surface area contributed by atoms with Crippen molar-refractivity contribution < 1.29 is 9.32 Å². The van der Waals surface area contributed by atoms with Crippen LogP contribution in [0.1, 0.15) is 5.82 Å². The van der Waals surface area contributed by atoms with Crippen molar-refractivity contribution in [2.45, 2.75) is 6.54 Å². The van der Waals surface area contributed by atoms with Gasteiger partial charge < -0.3 is 15.2 Å². The van der Waals surface area contributed by atoms with Gasteiger partial charge in [-0.1, -0.05) is 21.1 Å². The van der Waals surface area contributed by atoms with E-state index in [-0.39, 0.29) is 12.5 Å². The molecule has 0 radical (unpaired) electrons. The van der Waals surface area contributed by atoms with E-state index in [0.717, 1.165) is 10.2 Å². The van der Waals surface area contributed by atoms with Crippen LogP contribution >= 0.6 is 15.9 Å². The lowest BCUT2D eigenvalue weighted by Gasteiger charge is -2.05. The van der Waals surface area contributed by atoms with E-state index in [1.54, 1.807) is 0 Å². The molecule has 0 spiro atoms. The molecule has 2 aromatic rings. The van der Waals surface area contributed by atoms with E-state index in [2.05, 4.69) is 41.2 Å². The first kappa shape index (κ1) is 12.7. The summed E-state index contributed by atoms with van der Waals surface area (Å²) in [4.78, 5) is 15.4. The van der Waals surface area contributed by atoms with Crippen LogP contribution in [0.3, 0.4) is 0 Å². The quantitative estimate of drug-likeness (QED) is 0.876. The van der Waals surface area contributed by atoms with Gasteiger partial charge in [0, 0.05) is 10.2 Å². The summed E-state index contributed by atoms with van der Waals surface area (Å²) >= 11 is 3.33. The number of benzene rings is 1. The molecule has 1 aromatic carbocycles. The standard InChI is InChI=1S/C11H11BrN4O2/c12-8-1-3-9(4-2-8)15-11(17)6-13-5-10-14-7-18-16-10/h1-4,7,13H,5-6H2,(H,15,17). The Morgan fingerprint density at radius 1 is 1.33 bits per heavy atom. The molecule has 0 saturated heterocycles. The predicted molar refractivity (Wildman–Crippen MR) is 68.8 cm³/mol. The normalized spacial score (nSPS) is 10.3. The maximum absolute atomic E-state index is 11.6. The zero-order valence-electron chi connectivity index (χ0n) is 9.39. The largest absolute Gasteiger partial charge is 0.343 e. The number of halogens is 1. The number of amides is 1. The van der Waals surface area contributed by atoms with Gasteiger partial charge in [-0.05, 0) is 24.3 Å². The third-order valence-corrected chi connectivity index (χ3v) is 2.63. The van der Waals surface area contributed by atoms with Crippen LogP contribution < -0.4 is 10.6 Å². The van der Waals surface area contributed by atoms with Crippen molar-refractivity contribution in [3.63, 3.8) is 0 Å². The highest BCUT2D eigenvalue weighted by Crippen LogP contribution is 2.13. The molecule has 1 amide bonds. The number of aromatic nitrogens is 2. The fourth-order valence-electron chi connectivity index (χ4n) is 1.30. The van der Waals surface area contributed by atoms with Crippen molar-refractivity contribution in [2.24, 2.45) is 0 Å². The average Bonchev–Trinajstić information content (AvgIpc) is 2.85. The molecule has 1 heterocycles. The summed E-state index contributed by atoms with van der Waals surface area (Å²) in [6.07, 6.45) is 1.25. The van der Waals surface area contributed by atoms with Crippen LogP contribution in [-0.2, 0) is 11.3 Å². The van der Waals surface area contributed by atoms with E-state index in [1.807, 2.05) is 24.3 Å². The number of nitrogens with one attached hydrogen (secondary N) is 2. The summed E-state index contributed by atoms with van der Waals surface area (Å²) in [5.41, 5.74) is 0.754. The van der Waals surface area contributed by atoms with Gasteiger partial charge in [0.25, 0.3) is 0 Å². The van der Waals surface area contributed by atoms with Crippen LogP contribution in [0.15, 0.2) is 39.7 Å². The van der Waals surface area contributed by atoms with Crippen LogP contribution in [-0.4, -0.2) is 22.6 Å².